The lowest BCUT2D eigenvalue weighted by Gasteiger charge is -2.11. The molecule has 0 bridgehead atoms. The van der Waals surface area contributed by atoms with Crippen LogP contribution in [0.5, 0.6) is 0 Å². The van der Waals surface area contributed by atoms with Gasteiger partial charge in [-0.2, -0.15) is 0 Å². The molecule has 0 saturated heterocycles. The summed E-state index contributed by atoms with van der Waals surface area (Å²) in [6.45, 7) is 6.15. The van der Waals surface area contributed by atoms with Crippen molar-refractivity contribution < 1.29 is 4.79 Å². The van der Waals surface area contributed by atoms with Crippen LogP contribution < -0.4 is 10.6 Å². The van der Waals surface area contributed by atoms with Crippen LogP contribution in [0.15, 0.2) is 12.4 Å². The second kappa shape index (κ2) is 6.95. The number of hydrogen-bond donors (Lipinski definition) is 2. The van der Waals surface area contributed by atoms with Crippen LogP contribution >= 0.6 is 0 Å². The van der Waals surface area contributed by atoms with E-state index >= 15 is 0 Å². The maximum absolute atomic E-state index is 11.5. The van der Waals surface area contributed by atoms with E-state index in [1.165, 1.54) is 0 Å². The fraction of sp³-hybridized carbons (Fsp3) is 0.700. The normalized spacial score (nSPS) is 12.4. The average molecular weight is 225 g/mol. The Bertz CT molecular complexity index is 298. The first-order valence-electron chi connectivity index (χ1n) is 5.56. The summed E-state index contributed by atoms with van der Waals surface area (Å²) >= 11 is 0. The largest absolute Gasteiger partial charge is 0.354 e. The summed E-state index contributed by atoms with van der Waals surface area (Å²) in [6.07, 6.45) is 3.90. The van der Waals surface area contributed by atoms with Crippen LogP contribution in [0.4, 0.5) is 0 Å². The van der Waals surface area contributed by atoms with Crippen LogP contribution in [0.3, 0.4) is 0 Å². The predicted octanol–water partition coefficient (Wildman–Crippen LogP) is -0.218. The average Bonchev–Trinajstić information content (AvgIpc) is 2.70. The SMILES string of the molecule is CCNC(C)CC(=O)NCCn1ccnn1. The molecular formula is C10H19N5O. The molecule has 0 fully saturated rings. The van der Waals surface area contributed by atoms with Crippen molar-refractivity contribution in [1.82, 2.24) is 25.6 Å². The Morgan fingerprint density at radius 2 is 2.38 bits per heavy atom. The molecule has 0 aliphatic heterocycles. The number of carbonyl (C=O) groups is 1. The summed E-state index contributed by atoms with van der Waals surface area (Å²) in [4.78, 5) is 11.5. The van der Waals surface area contributed by atoms with Gasteiger partial charge in [0.1, 0.15) is 0 Å². The minimum Gasteiger partial charge on any atom is -0.354 e. The lowest BCUT2D eigenvalue weighted by Crippen LogP contribution is -2.34. The molecule has 0 aromatic carbocycles. The van der Waals surface area contributed by atoms with Gasteiger partial charge in [-0.15, -0.1) is 5.10 Å². The van der Waals surface area contributed by atoms with E-state index in [1.54, 1.807) is 17.1 Å². The van der Waals surface area contributed by atoms with Gasteiger partial charge in [0.2, 0.25) is 5.91 Å². The third-order valence-corrected chi connectivity index (χ3v) is 2.18. The molecule has 0 saturated carbocycles. The Kier molecular flexibility index (Phi) is 5.49. The fourth-order valence-corrected chi connectivity index (χ4v) is 1.43. The van der Waals surface area contributed by atoms with E-state index in [2.05, 4.69) is 20.9 Å². The molecule has 6 heteroatoms. The molecule has 1 rings (SSSR count). The monoisotopic (exact) mass is 225 g/mol. The molecule has 1 atom stereocenters. The van der Waals surface area contributed by atoms with Gasteiger partial charge < -0.3 is 10.6 Å². The quantitative estimate of drug-likeness (QED) is 0.673. The molecule has 1 aromatic heterocycles. The smallest absolute Gasteiger partial charge is 0.221 e. The van der Waals surface area contributed by atoms with Gasteiger partial charge >= 0.3 is 0 Å². The highest BCUT2D eigenvalue weighted by molar-refractivity contribution is 5.76. The molecule has 6 nitrogen and oxygen atoms in total. The summed E-state index contributed by atoms with van der Waals surface area (Å²) in [5, 5.41) is 13.5. The van der Waals surface area contributed by atoms with Crippen molar-refractivity contribution in [3.8, 4) is 0 Å². The minimum absolute atomic E-state index is 0.0635. The van der Waals surface area contributed by atoms with E-state index in [4.69, 9.17) is 0 Å². The summed E-state index contributed by atoms with van der Waals surface area (Å²) in [6, 6.07) is 0.219. The van der Waals surface area contributed by atoms with Gasteiger partial charge in [-0.05, 0) is 13.5 Å². The molecule has 90 valence electrons. The van der Waals surface area contributed by atoms with Crippen molar-refractivity contribution in [2.45, 2.75) is 32.9 Å². The van der Waals surface area contributed by atoms with E-state index in [1.807, 2.05) is 13.8 Å². The fourth-order valence-electron chi connectivity index (χ4n) is 1.43. The van der Waals surface area contributed by atoms with Gasteiger partial charge in [0.05, 0.1) is 12.7 Å². The number of aromatic nitrogens is 3. The predicted molar refractivity (Wildman–Crippen MR) is 60.8 cm³/mol. The van der Waals surface area contributed by atoms with Crippen molar-refractivity contribution in [1.29, 1.82) is 0 Å². The molecule has 0 spiro atoms. The molecule has 0 radical (unpaired) electrons. The van der Waals surface area contributed by atoms with E-state index < -0.39 is 0 Å². The van der Waals surface area contributed by atoms with Crippen LogP contribution in [0.2, 0.25) is 0 Å². The van der Waals surface area contributed by atoms with Gasteiger partial charge in [0.25, 0.3) is 0 Å². The number of rotatable bonds is 7. The maximum Gasteiger partial charge on any atom is 0.221 e. The van der Waals surface area contributed by atoms with Crippen LogP contribution in [-0.4, -0.2) is 40.0 Å². The number of nitrogens with zero attached hydrogens (tertiary/aromatic N) is 3. The standard InChI is InChI=1S/C10H19N5O/c1-3-11-9(2)8-10(16)12-4-6-15-7-5-13-14-15/h5,7,9,11H,3-4,6,8H2,1-2H3,(H,12,16). The third-order valence-electron chi connectivity index (χ3n) is 2.18. The highest BCUT2D eigenvalue weighted by Gasteiger charge is 2.06. The molecule has 1 unspecified atom stereocenters. The van der Waals surface area contributed by atoms with Crippen LogP contribution in [-0.2, 0) is 11.3 Å². The Balaban J connectivity index is 2.10. The maximum atomic E-state index is 11.5. The Hall–Kier alpha value is -1.43. The first-order chi connectivity index (χ1) is 7.72. The summed E-state index contributed by atoms with van der Waals surface area (Å²) < 4.78 is 1.69. The minimum atomic E-state index is 0.0635. The van der Waals surface area contributed by atoms with E-state index in [9.17, 15) is 4.79 Å². The zero-order valence-corrected chi connectivity index (χ0v) is 9.81. The molecule has 16 heavy (non-hydrogen) atoms. The number of hydrogen-bond acceptors (Lipinski definition) is 4. The van der Waals surface area contributed by atoms with Gasteiger partial charge in [-0.1, -0.05) is 12.1 Å². The second-order valence-corrected chi connectivity index (χ2v) is 3.68. The van der Waals surface area contributed by atoms with Gasteiger partial charge in [0.15, 0.2) is 0 Å². The zero-order chi connectivity index (χ0) is 11.8. The van der Waals surface area contributed by atoms with Gasteiger partial charge in [-0.3, -0.25) is 9.48 Å². The molecule has 0 aliphatic rings. The molecule has 0 aliphatic carbocycles. The van der Waals surface area contributed by atoms with Crippen molar-refractivity contribution in [2.75, 3.05) is 13.1 Å². The lowest BCUT2D eigenvalue weighted by molar-refractivity contribution is -0.121. The van der Waals surface area contributed by atoms with Gasteiger partial charge in [0, 0.05) is 25.2 Å². The highest BCUT2D eigenvalue weighted by Crippen LogP contribution is 1.89. The summed E-state index contributed by atoms with van der Waals surface area (Å²) in [5.74, 6) is 0.0635. The summed E-state index contributed by atoms with van der Waals surface area (Å²) in [7, 11) is 0. The number of amides is 1. The Morgan fingerprint density at radius 3 is 3.00 bits per heavy atom. The topological polar surface area (TPSA) is 71.8 Å². The summed E-state index contributed by atoms with van der Waals surface area (Å²) in [5.41, 5.74) is 0. The molecule has 1 amide bonds. The molecular weight excluding hydrogens is 206 g/mol. The number of nitrogens with one attached hydrogen (secondary N) is 2. The van der Waals surface area contributed by atoms with Crippen molar-refractivity contribution in [2.24, 2.45) is 0 Å². The third kappa shape index (κ3) is 4.88. The molecule has 2 N–H and O–H groups in total. The second-order valence-electron chi connectivity index (χ2n) is 3.68. The highest BCUT2D eigenvalue weighted by atomic mass is 16.1. The first-order valence-corrected chi connectivity index (χ1v) is 5.56. The Morgan fingerprint density at radius 1 is 1.56 bits per heavy atom. The zero-order valence-electron chi connectivity index (χ0n) is 9.81. The first kappa shape index (κ1) is 12.6. The molecule has 1 aromatic rings. The number of carbonyl (C=O) groups excluding carboxylic acids is 1. The van der Waals surface area contributed by atoms with Crippen LogP contribution in [0.25, 0.3) is 0 Å². The van der Waals surface area contributed by atoms with Crippen molar-refractivity contribution >= 4 is 5.91 Å². The van der Waals surface area contributed by atoms with Crippen molar-refractivity contribution in [3.63, 3.8) is 0 Å². The van der Waals surface area contributed by atoms with Gasteiger partial charge in [-0.25, -0.2) is 0 Å². The van der Waals surface area contributed by atoms with Crippen LogP contribution in [0, 0.1) is 0 Å². The van der Waals surface area contributed by atoms with Crippen molar-refractivity contribution in [3.05, 3.63) is 12.4 Å². The van der Waals surface area contributed by atoms with E-state index in [0.29, 0.717) is 19.5 Å². The van der Waals surface area contributed by atoms with Crippen LogP contribution in [0.1, 0.15) is 20.3 Å². The molecule has 1 heterocycles. The van der Waals surface area contributed by atoms with E-state index in [0.717, 1.165) is 6.54 Å². The Labute approximate surface area is 95.4 Å². The van der Waals surface area contributed by atoms with E-state index in [-0.39, 0.29) is 11.9 Å². The lowest BCUT2D eigenvalue weighted by atomic mass is 10.2.